The maximum atomic E-state index is 9.50. The normalized spacial score (nSPS) is 10.5. The molecule has 3 rings (SSSR count). The number of nitrogens with zero attached hydrogens (tertiary/aromatic N) is 3. The van der Waals surface area contributed by atoms with E-state index in [-0.39, 0.29) is 19.0 Å². The number of ether oxygens (including phenoxy) is 2. The monoisotopic (exact) mass is 366 g/mol. The van der Waals surface area contributed by atoms with Crippen LogP contribution in [-0.4, -0.2) is 23.7 Å². The number of aromatic amines is 1. The average molecular weight is 367 g/mol. The van der Waals surface area contributed by atoms with Crippen molar-refractivity contribution < 1.29 is 9.47 Å². The molecule has 0 bridgehead atoms. The van der Waals surface area contributed by atoms with Crippen LogP contribution in [0.4, 0.5) is 0 Å². The van der Waals surface area contributed by atoms with Crippen molar-refractivity contribution in [2.75, 3.05) is 13.7 Å². The number of halogens is 1. The molecular formula is C19H15ClN4O2. The van der Waals surface area contributed by atoms with E-state index in [2.05, 4.69) is 16.0 Å². The van der Waals surface area contributed by atoms with E-state index in [1.165, 1.54) is 7.11 Å². The van der Waals surface area contributed by atoms with Gasteiger partial charge in [-0.15, -0.1) is 12.4 Å². The van der Waals surface area contributed by atoms with Crippen LogP contribution in [0.25, 0.3) is 22.7 Å². The number of para-hydroxylation sites is 2. The Labute approximate surface area is 156 Å². The van der Waals surface area contributed by atoms with Crippen LogP contribution in [-0.2, 0) is 0 Å². The fraction of sp³-hybridized carbons (Fsp3) is 0.105. The number of hydrogen-bond donors (Lipinski definition) is 1. The number of H-pyrrole nitrogens is 1. The summed E-state index contributed by atoms with van der Waals surface area (Å²) in [5, 5.41) is 18.2. The quantitative estimate of drug-likeness (QED) is 0.689. The Morgan fingerprint density at radius 1 is 1.19 bits per heavy atom. The molecule has 1 N–H and O–H groups in total. The Morgan fingerprint density at radius 3 is 2.69 bits per heavy atom. The number of hydrogen-bond acceptors (Lipinski definition) is 5. The molecule has 2 aromatic carbocycles. The first-order valence-corrected chi connectivity index (χ1v) is 7.50. The molecule has 0 spiro atoms. The minimum Gasteiger partial charge on any atom is -0.493 e. The summed E-state index contributed by atoms with van der Waals surface area (Å²) in [6.45, 7) is -0.0851. The number of rotatable bonds is 5. The van der Waals surface area contributed by atoms with Gasteiger partial charge in [0, 0.05) is 0 Å². The van der Waals surface area contributed by atoms with Crippen LogP contribution in [0.3, 0.4) is 0 Å². The average Bonchev–Trinajstić information content (AvgIpc) is 3.08. The zero-order valence-corrected chi connectivity index (χ0v) is 14.7. The van der Waals surface area contributed by atoms with Crippen molar-refractivity contribution in [2.45, 2.75) is 0 Å². The SMILES string of the molecule is COc1ccc(/C=C(\C#N)c2nc3ccccc3[nH]2)cc1OCC#N.Cl. The van der Waals surface area contributed by atoms with Gasteiger partial charge in [-0.3, -0.25) is 0 Å². The molecule has 0 saturated carbocycles. The highest BCUT2D eigenvalue weighted by Gasteiger charge is 2.09. The molecule has 0 saturated heterocycles. The largest absolute Gasteiger partial charge is 0.493 e. The first kappa shape index (κ1) is 18.9. The van der Waals surface area contributed by atoms with Crippen molar-refractivity contribution in [1.82, 2.24) is 9.97 Å². The second-order valence-electron chi connectivity index (χ2n) is 5.13. The molecule has 7 heteroatoms. The highest BCUT2D eigenvalue weighted by molar-refractivity contribution is 5.90. The van der Waals surface area contributed by atoms with Crippen LogP contribution in [0.2, 0.25) is 0 Å². The summed E-state index contributed by atoms with van der Waals surface area (Å²) >= 11 is 0. The van der Waals surface area contributed by atoms with E-state index in [0.717, 1.165) is 16.6 Å². The maximum Gasteiger partial charge on any atom is 0.174 e. The minimum atomic E-state index is -0.0851. The molecule has 0 fully saturated rings. The summed E-state index contributed by atoms with van der Waals surface area (Å²) < 4.78 is 10.6. The minimum absolute atomic E-state index is 0. The number of allylic oxidation sites excluding steroid dienone is 1. The molecule has 0 radical (unpaired) electrons. The number of nitrogens with one attached hydrogen (secondary N) is 1. The van der Waals surface area contributed by atoms with Gasteiger partial charge in [-0.25, -0.2) is 4.98 Å². The molecule has 6 nitrogen and oxygen atoms in total. The lowest BCUT2D eigenvalue weighted by Crippen LogP contribution is -1.97. The summed E-state index contributed by atoms with van der Waals surface area (Å²) in [6.07, 6.45) is 1.70. The standard InChI is InChI=1S/C19H14N4O2.ClH/c1-24-17-7-6-13(11-18(17)25-9-8-20)10-14(12-21)19-22-15-4-2-3-5-16(15)23-19;/h2-7,10-11H,9H2,1H3,(H,22,23);1H/b14-10+;. The number of aromatic nitrogens is 2. The van der Waals surface area contributed by atoms with Gasteiger partial charge in [0.05, 0.1) is 23.7 Å². The first-order chi connectivity index (χ1) is 12.2. The van der Waals surface area contributed by atoms with Gasteiger partial charge in [0.1, 0.15) is 18.0 Å². The van der Waals surface area contributed by atoms with E-state index in [0.29, 0.717) is 22.9 Å². The Hall–Kier alpha value is -3.48. The van der Waals surface area contributed by atoms with Crippen molar-refractivity contribution in [3.63, 3.8) is 0 Å². The fourth-order valence-electron chi connectivity index (χ4n) is 2.41. The third-order valence-electron chi connectivity index (χ3n) is 3.56. The van der Waals surface area contributed by atoms with Crippen LogP contribution in [0, 0.1) is 22.7 Å². The summed E-state index contributed by atoms with van der Waals surface area (Å²) in [5.41, 5.74) is 2.80. The van der Waals surface area contributed by atoms with Crippen molar-refractivity contribution in [3.05, 3.63) is 53.9 Å². The Morgan fingerprint density at radius 2 is 2.00 bits per heavy atom. The highest BCUT2D eigenvalue weighted by atomic mass is 35.5. The van der Waals surface area contributed by atoms with Crippen molar-refractivity contribution in [2.24, 2.45) is 0 Å². The van der Waals surface area contributed by atoms with Gasteiger partial charge in [0.25, 0.3) is 0 Å². The molecule has 0 amide bonds. The maximum absolute atomic E-state index is 9.50. The summed E-state index contributed by atoms with van der Waals surface area (Å²) in [4.78, 5) is 7.58. The van der Waals surface area contributed by atoms with Gasteiger partial charge in [-0.1, -0.05) is 18.2 Å². The molecule has 26 heavy (non-hydrogen) atoms. The van der Waals surface area contributed by atoms with Gasteiger partial charge < -0.3 is 14.5 Å². The Bertz CT molecular complexity index is 995. The van der Waals surface area contributed by atoms with Crippen LogP contribution in [0.15, 0.2) is 42.5 Å². The fourth-order valence-corrected chi connectivity index (χ4v) is 2.41. The summed E-state index contributed by atoms with van der Waals surface area (Å²) in [6, 6.07) is 16.9. The predicted molar refractivity (Wildman–Crippen MR) is 101 cm³/mol. The molecule has 3 aromatic rings. The van der Waals surface area contributed by atoms with Crippen molar-refractivity contribution in [1.29, 1.82) is 10.5 Å². The van der Waals surface area contributed by atoms with Crippen molar-refractivity contribution >= 4 is 35.1 Å². The Kier molecular flexibility index (Phi) is 6.21. The molecule has 0 atom stereocenters. The van der Waals surface area contributed by atoms with E-state index in [4.69, 9.17) is 14.7 Å². The van der Waals surface area contributed by atoms with Gasteiger partial charge in [0.15, 0.2) is 18.1 Å². The van der Waals surface area contributed by atoms with Crippen LogP contribution < -0.4 is 9.47 Å². The topological polar surface area (TPSA) is 94.7 Å². The summed E-state index contributed by atoms with van der Waals surface area (Å²) in [5.74, 6) is 1.47. The second-order valence-corrected chi connectivity index (χ2v) is 5.13. The third-order valence-corrected chi connectivity index (χ3v) is 3.56. The number of nitriles is 2. The van der Waals surface area contributed by atoms with Crippen LogP contribution >= 0.6 is 12.4 Å². The van der Waals surface area contributed by atoms with E-state index in [1.54, 1.807) is 24.3 Å². The van der Waals surface area contributed by atoms with E-state index in [9.17, 15) is 5.26 Å². The molecule has 0 aliphatic heterocycles. The number of benzene rings is 2. The molecular weight excluding hydrogens is 352 g/mol. The zero-order valence-electron chi connectivity index (χ0n) is 13.9. The molecule has 130 valence electrons. The van der Waals surface area contributed by atoms with Gasteiger partial charge in [-0.2, -0.15) is 10.5 Å². The van der Waals surface area contributed by atoms with Crippen molar-refractivity contribution in [3.8, 4) is 23.6 Å². The zero-order chi connectivity index (χ0) is 17.6. The highest BCUT2D eigenvalue weighted by Crippen LogP contribution is 2.29. The molecule has 1 aromatic heterocycles. The molecule has 1 heterocycles. The lowest BCUT2D eigenvalue weighted by molar-refractivity contribution is 0.329. The number of imidazole rings is 1. The van der Waals surface area contributed by atoms with Crippen LogP contribution in [0.1, 0.15) is 11.4 Å². The molecule has 0 unspecified atom stereocenters. The lowest BCUT2D eigenvalue weighted by atomic mass is 10.1. The lowest BCUT2D eigenvalue weighted by Gasteiger charge is -2.09. The smallest absolute Gasteiger partial charge is 0.174 e. The van der Waals surface area contributed by atoms with E-state index in [1.807, 2.05) is 30.3 Å². The molecule has 0 aliphatic carbocycles. The molecule has 0 aliphatic rings. The Balaban J connectivity index is 0.00000243. The predicted octanol–water partition coefficient (Wildman–Crippen LogP) is 3.96. The van der Waals surface area contributed by atoms with E-state index < -0.39 is 0 Å². The van der Waals surface area contributed by atoms with Gasteiger partial charge >= 0.3 is 0 Å². The summed E-state index contributed by atoms with van der Waals surface area (Å²) in [7, 11) is 1.53. The number of fused-ring (bicyclic) bond motifs is 1. The first-order valence-electron chi connectivity index (χ1n) is 7.50. The van der Waals surface area contributed by atoms with Gasteiger partial charge in [0.2, 0.25) is 0 Å². The van der Waals surface area contributed by atoms with Gasteiger partial charge in [-0.05, 0) is 35.9 Å². The second kappa shape index (κ2) is 8.57. The van der Waals surface area contributed by atoms with E-state index >= 15 is 0 Å². The van der Waals surface area contributed by atoms with Crippen LogP contribution in [0.5, 0.6) is 11.5 Å². The number of methoxy groups -OCH3 is 1. The third kappa shape index (κ3) is 3.94.